The Hall–Kier alpha value is -3.39. The lowest BCUT2D eigenvalue weighted by atomic mass is 10.2. The van der Waals surface area contributed by atoms with Crippen LogP contribution in [0, 0.1) is 6.92 Å². The van der Waals surface area contributed by atoms with Crippen molar-refractivity contribution >= 4 is 28.9 Å². The third-order valence-electron chi connectivity index (χ3n) is 4.46. The maximum absolute atomic E-state index is 12.3. The van der Waals surface area contributed by atoms with Gasteiger partial charge in [-0.3, -0.25) is 4.79 Å². The first-order valence-electron chi connectivity index (χ1n) is 9.42. The highest BCUT2D eigenvalue weighted by Crippen LogP contribution is 2.31. The molecule has 154 valence electrons. The minimum absolute atomic E-state index is 0.0102. The van der Waals surface area contributed by atoms with Crippen LogP contribution in [0.2, 0.25) is 0 Å². The molecule has 8 heteroatoms. The van der Waals surface area contributed by atoms with Crippen molar-refractivity contribution in [1.29, 1.82) is 0 Å². The van der Waals surface area contributed by atoms with Crippen LogP contribution in [0.15, 0.2) is 53.9 Å². The van der Waals surface area contributed by atoms with E-state index in [-0.39, 0.29) is 25.5 Å². The van der Waals surface area contributed by atoms with Crippen LogP contribution < -0.4 is 14.8 Å². The molecule has 1 aromatic heterocycles. The molecule has 0 spiro atoms. The van der Waals surface area contributed by atoms with Crippen molar-refractivity contribution in [2.45, 2.75) is 26.1 Å². The molecule has 1 aliphatic rings. The lowest BCUT2D eigenvalue weighted by Gasteiger charge is -2.24. The number of nitrogens with zero attached hydrogens (tertiary/aromatic N) is 1. The van der Waals surface area contributed by atoms with Gasteiger partial charge in [-0.05, 0) is 30.7 Å². The molecule has 0 aliphatic carbocycles. The highest BCUT2D eigenvalue weighted by molar-refractivity contribution is 7.09. The predicted molar refractivity (Wildman–Crippen MR) is 112 cm³/mol. The number of esters is 1. The molecule has 1 atom stereocenters. The smallest absolute Gasteiger partial charge is 0.351 e. The van der Waals surface area contributed by atoms with E-state index >= 15 is 0 Å². The number of carbonyl (C=O) groups is 2. The summed E-state index contributed by atoms with van der Waals surface area (Å²) in [7, 11) is 0. The Morgan fingerprint density at radius 3 is 2.77 bits per heavy atom. The topological polar surface area (TPSA) is 86.8 Å². The number of hydrogen-bond donors (Lipinski definition) is 1. The van der Waals surface area contributed by atoms with Crippen LogP contribution in [0.4, 0.5) is 5.69 Å². The Labute approximate surface area is 177 Å². The molecule has 2 aromatic carbocycles. The summed E-state index contributed by atoms with van der Waals surface area (Å²) in [5.74, 6) is 0.459. The largest absolute Gasteiger partial charge is 0.485 e. The van der Waals surface area contributed by atoms with Crippen LogP contribution in [0.25, 0.3) is 0 Å². The summed E-state index contributed by atoms with van der Waals surface area (Å²) < 4.78 is 16.5. The molecule has 1 N–H and O–H groups in total. The molecule has 1 aliphatic heterocycles. The van der Waals surface area contributed by atoms with E-state index in [9.17, 15) is 9.59 Å². The third-order valence-corrected chi connectivity index (χ3v) is 5.36. The molecule has 0 unspecified atom stereocenters. The number of para-hydroxylation sites is 3. The van der Waals surface area contributed by atoms with E-state index in [0.717, 1.165) is 11.3 Å². The molecule has 0 bridgehead atoms. The van der Waals surface area contributed by atoms with Gasteiger partial charge in [0.05, 0.1) is 12.1 Å². The molecule has 0 radical (unpaired) electrons. The van der Waals surface area contributed by atoms with Gasteiger partial charge in [0.15, 0.2) is 11.5 Å². The molecule has 0 fully saturated rings. The summed E-state index contributed by atoms with van der Waals surface area (Å²) in [5, 5.41) is 5.31. The maximum atomic E-state index is 12.3. The second kappa shape index (κ2) is 8.96. The lowest BCUT2D eigenvalue weighted by molar-refractivity contribution is -0.156. The zero-order valence-corrected chi connectivity index (χ0v) is 17.1. The number of fused-ring (bicyclic) bond motifs is 1. The third kappa shape index (κ3) is 4.77. The first kappa shape index (κ1) is 19.9. The van der Waals surface area contributed by atoms with Crippen LogP contribution in [0.5, 0.6) is 11.5 Å². The summed E-state index contributed by atoms with van der Waals surface area (Å²) >= 11 is 1.35. The lowest BCUT2D eigenvalue weighted by Crippen LogP contribution is -2.37. The number of anilines is 1. The van der Waals surface area contributed by atoms with E-state index in [1.807, 2.05) is 43.3 Å². The van der Waals surface area contributed by atoms with Crippen molar-refractivity contribution in [3.8, 4) is 11.5 Å². The Balaban J connectivity index is 1.27. The zero-order valence-electron chi connectivity index (χ0n) is 16.3. The molecule has 4 rings (SSSR count). The van der Waals surface area contributed by atoms with Crippen molar-refractivity contribution in [3.63, 3.8) is 0 Å². The minimum atomic E-state index is -0.821. The van der Waals surface area contributed by atoms with Gasteiger partial charge in [0.25, 0.3) is 0 Å². The van der Waals surface area contributed by atoms with Crippen LogP contribution in [-0.4, -0.2) is 29.6 Å². The monoisotopic (exact) mass is 424 g/mol. The van der Waals surface area contributed by atoms with E-state index in [0.29, 0.717) is 22.2 Å². The molecular formula is C22H20N2O5S. The highest BCUT2D eigenvalue weighted by atomic mass is 32.1. The van der Waals surface area contributed by atoms with E-state index in [1.165, 1.54) is 11.3 Å². The Morgan fingerprint density at radius 2 is 1.93 bits per heavy atom. The molecule has 30 heavy (non-hydrogen) atoms. The number of rotatable bonds is 6. The van der Waals surface area contributed by atoms with E-state index in [1.54, 1.807) is 17.5 Å². The van der Waals surface area contributed by atoms with Gasteiger partial charge >= 0.3 is 5.97 Å². The van der Waals surface area contributed by atoms with Crippen molar-refractivity contribution < 1.29 is 23.8 Å². The number of aryl methyl sites for hydroxylation is 1. The van der Waals surface area contributed by atoms with Gasteiger partial charge in [0.2, 0.25) is 12.0 Å². The van der Waals surface area contributed by atoms with E-state index < -0.39 is 12.1 Å². The van der Waals surface area contributed by atoms with Gasteiger partial charge in [-0.2, -0.15) is 0 Å². The van der Waals surface area contributed by atoms with E-state index in [2.05, 4.69) is 10.3 Å². The fourth-order valence-electron chi connectivity index (χ4n) is 2.91. The number of benzene rings is 2. The van der Waals surface area contributed by atoms with Crippen molar-refractivity contribution in [1.82, 2.24) is 4.98 Å². The number of aromatic nitrogens is 1. The molecule has 3 aromatic rings. The number of thiazole rings is 1. The second-order valence-corrected chi connectivity index (χ2v) is 7.69. The van der Waals surface area contributed by atoms with Crippen molar-refractivity contribution in [3.05, 3.63) is 70.2 Å². The van der Waals surface area contributed by atoms with Crippen molar-refractivity contribution in [2.24, 2.45) is 0 Å². The van der Waals surface area contributed by atoms with Gasteiger partial charge in [-0.1, -0.05) is 30.3 Å². The maximum Gasteiger partial charge on any atom is 0.351 e. The summed E-state index contributed by atoms with van der Waals surface area (Å²) in [6.07, 6.45) is -0.665. The van der Waals surface area contributed by atoms with Gasteiger partial charge in [-0.25, -0.2) is 9.78 Å². The van der Waals surface area contributed by atoms with Gasteiger partial charge in [-0.15, -0.1) is 11.3 Å². The highest BCUT2D eigenvalue weighted by Gasteiger charge is 2.28. The molecule has 0 saturated carbocycles. The second-order valence-electron chi connectivity index (χ2n) is 6.74. The number of hydrogen-bond acceptors (Lipinski definition) is 7. The molecule has 2 heterocycles. The standard InChI is InChI=1S/C22H20N2O5S/c1-14-6-2-3-7-16(14)24-20(25)10-21-23-15(13-30-21)11-28-22(26)19-12-27-17-8-4-5-9-18(17)29-19/h2-9,13,19H,10-12H2,1H3,(H,24,25)/t19-/m1/s1. The number of nitrogens with one attached hydrogen (secondary N) is 1. The van der Waals surface area contributed by atoms with E-state index in [4.69, 9.17) is 14.2 Å². The quantitative estimate of drug-likeness (QED) is 0.610. The average Bonchev–Trinajstić information content (AvgIpc) is 3.20. The molecule has 0 saturated heterocycles. The summed E-state index contributed by atoms with van der Waals surface area (Å²) in [5.41, 5.74) is 2.36. The first-order chi connectivity index (χ1) is 14.6. The minimum Gasteiger partial charge on any atom is -0.485 e. The van der Waals surface area contributed by atoms with Gasteiger partial charge < -0.3 is 19.5 Å². The average molecular weight is 424 g/mol. The van der Waals surface area contributed by atoms with Crippen LogP contribution in [0.1, 0.15) is 16.3 Å². The van der Waals surface area contributed by atoms with Gasteiger partial charge in [0.1, 0.15) is 18.2 Å². The Bertz CT molecular complexity index is 1060. The Morgan fingerprint density at radius 1 is 1.17 bits per heavy atom. The molecule has 1 amide bonds. The zero-order chi connectivity index (χ0) is 20.9. The first-order valence-corrected chi connectivity index (χ1v) is 10.3. The molecular weight excluding hydrogens is 404 g/mol. The van der Waals surface area contributed by atoms with Crippen molar-refractivity contribution in [2.75, 3.05) is 11.9 Å². The van der Waals surface area contributed by atoms with Crippen LogP contribution >= 0.6 is 11.3 Å². The fourth-order valence-corrected chi connectivity index (χ4v) is 3.69. The summed E-state index contributed by atoms with van der Waals surface area (Å²) in [6, 6.07) is 14.7. The number of ether oxygens (including phenoxy) is 3. The molecule has 7 nitrogen and oxygen atoms in total. The fraction of sp³-hybridized carbons (Fsp3) is 0.227. The number of amides is 1. The van der Waals surface area contributed by atoms with Crippen LogP contribution in [0.3, 0.4) is 0 Å². The normalized spacial score (nSPS) is 14.8. The SMILES string of the molecule is Cc1ccccc1NC(=O)Cc1nc(COC(=O)[C@H]2COc3ccccc3O2)cs1. The Kier molecular flexibility index (Phi) is 5.94. The predicted octanol–water partition coefficient (Wildman–Crippen LogP) is 3.52. The number of carbonyl (C=O) groups excluding carboxylic acids is 2. The summed E-state index contributed by atoms with van der Waals surface area (Å²) in [6.45, 7) is 2.04. The van der Waals surface area contributed by atoms with Gasteiger partial charge in [0, 0.05) is 11.1 Å². The van der Waals surface area contributed by atoms with Crippen LogP contribution in [-0.2, 0) is 27.4 Å². The summed E-state index contributed by atoms with van der Waals surface area (Å²) in [4.78, 5) is 28.9.